The molecule has 2 rings (SSSR count). The normalized spacial score (nSPS) is 12.1. The van der Waals surface area contributed by atoms with Crippen molar-refractivity contribution >= 4 is 0 Å². The predicted molar refractivity (Wildman–Crippen MR) is 98.0 cm³/mol. The number of benzene rings is 2. The minimum atomic E-state index is 0.371. The third-order valence-electron chi connectivity index (χ3n) is 4.08. The smallest absolute Gasteiger partial charge is 0.119 e. The topological polar surface area (TPSA) is 21.3 Å². The van der Waals surface area contributed by atoms with E-state index in [-0.39, 0.29) is 0 Å². The average molecular weight is 311 g/mol. The maximum atomic E-state index is 5.71. The minimum Gasteiger partial charge on any atom is -0.494 e. The van der Waals surface area contributed by atoms with Crippen LogP contribution in [-0.4, -0.2) is 13.2 Å². The molecule has 0 radical (unpaired) electrons. The molecule has 0 aliphatic rings. The zero-order valence-electron chi connectivity index (χ0n) is 14.4. The van der Waals surface area contributed by atoms with Crippen LogP contribution < -0.4 is 10.1 Å². The van der Waals surface area contributed by atoms with Crippen LogP contribution in [0.4, 0.5) is 0 Å². The standard InChI is InChI=1S/C21H29NO/c1-3-4-17-23-21-14-12-20(13-15-21)18(2)22-16-8-11-19-9-6-5-7-10-19/h5-7,9-10,12-15,18,22H,3-4,8,11,16-17H2,1-2H3. The van der Waals surface area contributed by atoms with Crippen LogP contribution in [0.2, 0.25) is 0 Å². The summed E-state index contributed by atoms with van der Waals surface area (Å²) in [5, 5.41) is 3.60. The molecule has 0 aromatic heterocycles. The maximum Gasteiger partial charge on any atom is 0.119 e. The Balaban J connectivity index is 1.69. The van der Waals surface area contributed by atoms with Gasteiger partial charge in [-0.1, -0.05) is 55.8 Å². The van der Waals surface area contributed by atoms with Crippen molar-refractivity contribution in [3.05, 3.63) is 65.7 Å². The molecule has 0 saturated carbocycles. The summed E-state index contributed by atoms with van der Waals surface area (Å²) in [5.74, 6) is 0.971. The van der Waals surface area contributed by atoms with Crippen LogP contribution in [0, 0.1) is 0 Å². The molecule has 0 aliphatic carbocycles. The molecule has 1 atom stereocenters. The molecule has 0 spiro atoms. The van der Waals surface area contributed by atoms with Gasteiger partial charge in [-0.05, 0) is 56.0 Å². The molecule has 0 bridgehead atoms. The monoisotopic (exact) mass is 311 g/mol. The van der Waals surface area contributed by atoms with Gasteiger partial charge in [-0.15, -0.1) is 0 Å². The van der Waals surface area contributed by atoms with Crippen molar-refractivity contribution in [1.29, 1.82) is 0 Å². The van der Waals surface area contributed by atoms with E-state index in [0.29, 0.717) is 6.04 Å². The van der Waals surface area contributed by atoms with Gasteiger partial charge in [0.1, 0.15) is 5.75 Å². The molecule has 2 aromatic carbocycles. The molecule has 0 aliphatic heterocycles. The molecule has 2 nitrogen and oxygen atoms in total. The van der Waals surface area contributed by atoms with Crippen LogP contribution in [0.15, 0.2) is 54.6 Å². The van der Waals surface area contributed by atoms with Crippen LogP contribution in [0.1, 0.15) is 50.3 Å². The highest BCUT2D eigenvalue weighted by Gasteiger charge is 2.04. The van der Waals surface area contributed by atoms with E-state index in [9.17, 15) is 0 Å². The van der Waals surface area contributed by atoms with Gasteiger partial charge in [0, 0.05) is 6.04 Å². The van der Waals surface area contributed by atoms with Crippen LogP contribution in [0.25, 0.3) is 0 Å². The van der Waals surface area contributed by atoms with Gasteiger partial charge in [-0.3, -0.25) is 0 Å². The van der Waals surface area contributed by atoms with Crippen molar-refractivity contribution in [3.8, 4) is 5.75 Å². The molecule has 1 N–H and O–H groups in total. The number of aryl methyl sites for hydroxylation is 1. The Morgan fingerprint density at radius 1 is 0.957 bits per heavy atom. The van der Waals surface area contributed by atoms with Gasteiger partial charge in [-0.2, -0.15) is 0 Å². The number of ether oxygens (including phenoxy) is 1. The lowest BCUT2D eigenvalue weighted by Crippen LogP contribution is -2.20. The fourth-order valence-electron chi connectivity index (χ4n) is 2.56. The number of nitrogens with one attached hydrogen (secondary N) is 1. The predicted octanol–water partition coefficient (Wildman–Crippen LogP) is 5.15. The van der Waals surface area contributed by atoms with E-state index in [1.807, 2.05) is 0 Å². The van der Waals surface area contributed by atoms with Gasteiger partial charge in [0.2, 0.25) is 0 Å². The van der Waals surface area contributed by atoms with Crippen LogP contribution >= 0.6 is 0 Å². The maximum absolute atomic E-state index is 5.71. The first kappa shape index (κ1) is 17.6. The lowest BCUT2D eigenvalue weighted by Gasteiger charge is -2.15. The van der Waals surface area contributed by atoms with Crippen LogP contribution in [-0.2, 0) is 6.42 Å². The third kappa shape index (κ3) is 6.45. The first-order valence-corrected chi connectivity index (χ1v) is 8.79. The van der Waals surface area contributed by atoms with E-state index in [0.717, 1.165) is 38.2 Å². The molecule has 23 heavy (non-hydrogen) atoms. The second-order valence-corrected chi connectivity index (χ2v) is 6.04. The number of rotatable bonds is 10. The van der Waals surface area contributed by atoms with Crippen LogP contribution in [0.5, 0.6) is 5.75 Å². The third-order valence-corrected chi connectivity index (χ3v) is 4.08. The zero-order chi connectivity index (χ0) is 16.3. The van der Waals surface area contributed by atoms with E-state index >= 15 is 0 Å². The van der Waals surface area contributed by atoms with Crippen molar-refractivity contribution in [2.24, 2.45) is 0 Å². The fourth-order valence-corrected chi connectivity index (χ4v) is 2.56. The Morgan fingerprint density at radius 2 is 1.70 bits per heavy atom. The van der Waals surface area contributed by atoms with E-state index in [1.54, 1.807) is 0 Å². The van der Waals surface area contributed by atoms with Gasteiger partial charge in [-0.25, -0.2) is 0 Å². The first-order chi connectivity index (χ1) is 11.3. The minimum absolute atomic E-state index is 0.371. The molecule has 0 saturated heterocycles. The van der Waals surface area contributed by atoms with Gasteiger partial charge < -0.3 is 10.1 Å². The second kappa shape index (κ2) is 10.1. The molecule has 1 unspecified atom stereocenters. The number of unbranched alkanes of at least 4 members (excludes halogenated alkanes) is 1. The summed E-state index contributed by atoms with van der Waals surface area (Å²) in [5.41, 5.74) is 2.73. The quantitative estimate of drug-likeness (QED) is 0.613. The molecule has 0 heterocycles. The lowest BCUT2D eigenvalue weighted by molar-refractivity contribution is 0.309. The molecular formula is C21H29NO. The SMILES string of the molecule is CCCCOc1ccc(C(C)NCCCc2ccccc2)cc1. The molecule has 124 valence electrons. The molecule has 0 amide bonds. The van der Waals surface area contributed by atoms with E-state index < -0.39 is 0 Å². The summed E-state index contributed by atoms with van der Waals surface area (Å²) in [4.78, 5) is 0. The molecule has 0 fully saturated rings. The lowest BCUT2D eigenvalue weighted by atomic mass is 10.1. The highest BCUT2D eigenvalue weighted by molar-refractivity contribution is 5.29. The Labute approximate surface area is 140 Å². The molecule has 2 aromatic rings. The average Bonchev–Trinajstić information content (AvgIpc) is 2.60. The van der Waals surface area contributed by atoms with E-state index in [2.05, 4.69) is 73.8 Å². The summed E-state index contributed by atoms with van der Waals surface area (Å²) < 4.78 is 5.71. The van der Waals surface area contributed by atoms with Crippen molar-refractivity contribution < 1.29 is 4.74 Å². The largest absolute Gasteiger partial charge is 0.494 e. The summed E-state index contributed by atoms with van der Waals surface area (Å²) in [6.07, 6.45) is 4.57. The summed E-state index contributed by atoms with van der Waals surface area (Å²) in [6, 6.07) is 19.5. The van der Waals surface area contributed by atoms with Gasteiger partial charge in [0.05, 0.1) is 6.61 Å². The first-order valence-electron chi connectivity index (χ1n) is 8.79. The van der Waals surface area contributed by atoms with Crippen molar-refractivity contribution in [1.82, 2.24) is 5.32 Å². The molecule has 2 heteroatoms. The van der Waals surface area contributed by atoms with Gasteiger partial charge in [0.15, 0.2) is 0 Å². The Kier molecular flexibility index (Phi) is 7.68. The van der Waals surface area contributed by atoms with Crippen molar-refractivity contribution in [2.45, 2.75) is 45.6 Å². The van der Waals surface area contributed by atoms with Crippen LogP contribution in [0.3, 0.4) is 0 Å². The van der Waals surface area contributed by atoms with Gasteiger partial charge in [0.25, 0.3) is 0 Å². The summed E-state index contributed by atoms with van der Waals surface area (Å²) in [7, 11) is 0. The van der Waals surface area contributed by atoms with E-state index in [1.165, 1.54) is 17.5 Å². The van der Waals surface area contributed by atoms with E-state index in [4.69, 9.17) is 4.74 Å². The Bertz CT molecular complexity index is 536. The fraction of sp³-hybridized carbons (Fsp3) is 0.429. The Hall–Kier alpha value is -1.80. The highest BCUT2D eigenvalue weighted by Crippen LogP contribution is 2.18. The summed E-state index contributed by atoms with van der Waals surface area (Å²) in [6.45, 7) is 6.24. The number of hydrogen-bond acceptors (Lipinski definition) is 2. The van der Waals surface area contributed by atoms with Gasteiger partial charge >= 0.3 is 0 Å². The summed E-state index contributed by atoms with van der Waals surface area (Å²) >= 11 is 0. The second-order valence-electron chi connectivity index (χ2n) is 6.04. The van der Waals surface area contributed by atoms with Crippen molar-refractivity contribution in [2.75, 3.05) is 13.2 Å². The zero-order valence-corrected chi connectivity index (χ0v) is 14.4. The number of hydrogen-bond donors (Lipinski definition) is 1. The van der Waals surface area contributed by atoms with Crippen molar-refractivity contribution in [3.63, 3.8) is 0 Å². The Morgan fingerprint density at radius 3 is 2.39 bits per heavy atom. The molecular weight excluding hydrogens is 282 g/mol. The highest BCUT2D eigenvalue weighted by atomic mass is 16.5.